The number of amides is 2. The molecule has 0 bridgehead atoms. The van der Waals surface area contributed by atoms with E-state index in [9.17, 15) is 9.90 Å². The van der Waals surface area contributed by atoms with Crippen molar-refractivity contribution in [3.05, 3.63) is 42.5 Å². The van der Waals surface area contributed by atoms with Crippen LogP contribution in [-0.2, 0) is 6.54 Å². The van der Waals surface area contributed by atoms with E-state index in [-0.39, 0.29) is 18.1 Å². The number of aliphatic hydroxyl groups is 1. The first-order valence-corrected chi connectivity index (χ1v) is 8.75. The normalized spacial score (nSPS) is 16.6. The maximum absolute atomic E-state index is 12.4. The van der Waals surface area contributed by atoms with E-state index in [1.165, 1.54) is 0 Å². The van der Waals surface area contributed by atoms with E-state index in [0.29, 0.717) is 25.5 Å². The molecule has 1 fully saturated rings. The molecule has 7 heteroatoms. The van der Waals surface area contributed by atoms with Crippen molar-refractivity contribution in [1.82, 2.24) is 25.0 Å². The van der Waals surface area contributed by atoms with Gasteiger partial charge in [-0.15, -0.1) is 10.2 Å². The molecule has 1 aliphatic heterocycles. The molecule has 1 aromatic heterocycles. The first-order chi connectivity index (χ1) is 12.2. The van der Waals surface area contributed by atoms with Crippen LogP contribution in [0.25, 0.3) is 5.69 Å². The number of likely N-dealkylation sites (tertiary alicyclic amines) is 1. The Hall–Kier alpha value is -2.41. The lowest BCUT2D eigenvalue weighted by molar-refractivity contribution is 0.0519. The van der Waals surface area contributed by atoms with Crippen molar-refractivity contribution in [3.8, 4) is 5.69 Å². The van der Waals surface area contributed by atoms with Crippen LogP contribution in [0.4, 0.5) is 4.79 Å². The van der Waals surface area contributed by atoms with Crippen LogP contribution < -0.4 is 5.32 Å². The first kappa shape index (κ1) is 17.4. The third-order valence-electron chi connectivity index (χ3n) is 5.25. The van der Waals surface area contributed by atoms with E-state index in [1.54, 1.807) is 6.33 Å². The molecule has 7 nitrogen and oxygen atoms in total. The van der Waals surface area contributed by atoms with E-state index in [4.69, 9.17) is 0 Å². The number of aromatic nitrogens is 3. The third-order valence-corrected chi connectivity index (χ3v) is 5.25. The Morgan fingerprint density at radius 2 is 2.00 bits per heavy atom. The molecule has 0 saturated carbocycles. The van der Waals surface area contributed by atoms with Gasteiger partial charge in [0.15, 0.2) is 5.82 Å². The van der Waals surface area contributed by atoms with Crippen molar-refractivity contribution >= 4 is 6.03 Å². The fourth-order valence-electron chi connectivity index (χ4n) is 3.26. The van der Waals surface area contributed by atoms with Gasteiger partial charge < -0.3 is 15.3 Å². The summed E-state index contributed by atoms with van der Waals surface area (Å²) in [6.07, 6.45) is 4.27. The number of aliphatic hydroxyl groups excluding tert-OH is 1. The molecule has 134 valence electrons. The van der Waals surface area contributed by atoms with E-state index < -0.39 is 0 Å². The number of nitrogens with zero attached hydrogens (tertiary/aromatic N) is 4. The number of hydrogen-bond donors (Lipinski definition) is 2. The van der Waals surface area contributed by atoms with E-state index in [1.807, 2.05) is 39.8 Å². The molecule has 1 aliphatic rings. The van der Waals surface area contributed by atoms with Crippen LogP contribution in [0, 0.1) is 5.41 Å². The average molecular weight is 343 g/mol. The van der Waals surface area contributed by atoms with Gasteiger partial charge in [-0.3, -0.25) is 4.57 Å². The number of hydrogen-bond acceptors (Lipinski definition) is 4. The summed E-state index contributed by atoms with van der Waals surface area (Å²) < 4.78 is 1.87. The van der Waals surface area contributed by atoms with Crippen molar-refractivity contribution in [2.24, 2.45) is 5.41 Å². The van der Waals surface area contributed by atoms with Crippen molar-refractivity contribution in [2.75, 3.05) is 19.7 Å². The minimum atomic E-state index is -0.0924. The fourth-order valence-corrected chi connectivity index (χ4v) is 3.26. The number of carbonyl (C=O) groups excluding carboxylic acids is 1. The largest absolute Gasteiger partial charge is 0.396 e. The molecular weight excluding hydrogens is 318 g/mol. The van der Waals surface area contributed by atoms with Crippen LogP contribution >= 0.6 is 0 Å². The first-order valence-electron chi connectivity index (χ1n) is 8.75. The molecule has 0 atom stereocenters. The monoisotopic (exact) mass is 343 g/mol. The molecule has 0 radical (unpaired) electrons. The smallest absolute Gasteiger partial charge is 0.317 e. The Labute approximate surface area is 147 Å². The maximum Gasteiger partial charge on any atom is 0.317 e. The summed E-state index contributed by atoms with van der Waals surface area (Å²) >= 11 is 0. The summed E-state index contributed by atoms with van der Waals surface area (Å²) in [5.41, 5.74) is 0.940. The van der Waals surface area contributed by atoms with Gasteiger partial charge in [0.05, 0.1) is 6.54 Å². The van der Waals surface area contributed by atoms with Gasteiger partial charge in [-0.05, 0) is 36.8 Å². The SMILES string of the molecule is CCC1(CO)CCN(C(=O)NCc2nncn2-c2ccccc2)CC1. The summed E-state index contributed by atoms with van der Waals surface area (Å²) in [4.78, 5) is 14.2. The molecule has 1 aromatic carbocycles. The molecule has 0 aliphatic carbocycles. The zero-order valence-electron chi connectivity index (χ0n) is 14.6. The number of piperidine rings is 1. The Balaban J connectivity index is 1.57. The van der Waals surface area contributed by atoms with Crippen molar-refractivity contribution in [2.45, 2.75) is 32.7 Å². The zero-order valence-corrected chi connectivity index (χ0v) is 14.6. The van der Waals surface area contributed by atoms with Gasteiger partial charge in [-0.25, -0.2) is 4.79 Å². The Morgan fingerprint density at radius 3 is 2.64 bits per heavy atom. The van der Waals surface area contributed by atoms with Gasteiger partial charge in [0.1, 0.15) is 6.33 Å². The lowest BCUT2D eigenvalue weighted by Gasteiger charge is -2.40. The van der Waals surface area contributed by atoms with Crippen LogP contribution in [0.15, 0.2) is 36.7 Å². The minimum absolute atomic E-state index is 0.0235. The van der Waals surface area contributed by atoms with Crippen LogP contribution in [0.5, 0.6) is 0 Å². The quantitative estimate of drug-likeness (QED) is 0.869. The highest BCUT2D eigenvalue weighted by Crippen LogP contribution is 2.34. The van der Waals surface area contributed by atoms with Gasteiger partial charge in [-0.1, -0.05) is 25.1 Å². The highest BCUT2D eigenvalue weighted by Gasteiger charge is 2.33. The van der Waals surface area contributed by atoms with Crippen molar-refractivity contribution < 1.29 is 9.90 Å². The molecule has 2 amide bonds. The number of urea groups is 1. The van der Waals surface area contributed by atoms with E-state index in [2.05, 4.69) is 22.4 Å². The van der Waals surface area contributed by atoms with Gasteiger partial charge in [-0.2, -0.15) is 0 Å². The second-order valence-corrected chi connectivity index (χ2v) is 6.61. The van der Waals surface area contributed by atoms with Crippen LogP contribution in [0.2, 0.25) is 0 Å². The lowest BCUT2D eigenvalue weighted by Crippen LogP contribution is -2.48. The zero-order chi connectivity index (χ0) is 17.7. The van der Waals surface area contributed by atoms with E-state index in [0.717, 1.165) is 24.9 Å². The van der Waals surface area contributed by atoms with Crippen LogP contribution in [-0.4, -0.2) is 50.5 Å². The third kappa shape index (κ3) is 3.82. The molecule has 0 unspecified atom stereocenters. The molecule has 2 N–H and O–H groups in total. The molecular formula is C18H25N5O2. The van der Waals surface area contributed by atoms with Crippen molar-refractivity contribution in [1.29, 1.82) is 0 Å². The summed E-state index contributed by atoms with van der Waals surface area (Å²) in [7, 11) is 0. The molecule has 2 heterocycles. The number of para-hydroxylation sites is 1. The molecule has 3 rings (SSSR count). The van der Waals surface area contributed by atoms with Crippen LogP contribution in [0.1, 0.15) is 32.0 Å². The second-order valence-electron chi connectivity index (χ2n) is 6.61. The summed E-state index contributed by atoms with van der Waals surface area (Å²) in [6.45, 7) is 3.96. The second kappa shape index (κ2) is 7.65. The number of benzene rings is 1. The number of carbonyl (C=O) groups is 1. The summed E-state index contributed by atoms with van der Waals surface area (Å²) in [6, 6.07) is 9.70. The fraction of sp³-hybridized carbons (Fsp3) is 0.500. The van der Waals surface area contributed by atoms with Gasteiger partial charge in [0, 0.05) is 25.4 Å². The lowest BCUT2D eigenvalue weighted by atomic mass is 9.77. The number of nitrogens with one attached hydrogen (secondary N) is 1. The van der Waals surface area contributed by atoms with Gasteiger partial charge >= 0.3 is 6.03 Å². The van der Waals surface area contributed by atoms with Crippen molar-refractivity contribution in [3.63, 3.8) is 0 Å². The predicted molar refractivity (Wildman–Crippen MR) is 94.2 cm³/mol. The van der Waals surface area contributed by atoms with Gasteiger partial charge in [0.2, 0.25) is 0 Å². The Kier molecular flexibility index (Phi) is 5.33. The maximum atomic E-state index is 12.4. The van der Waals surface area contributed by atoms with Crippen LogP contribution in [0.3, 0.4) is 0 Å². The standard InChI is InChI=1S/C18H25N5O2/c1-2-18(13-24)8-10-22(11-9-18)17(25)19-12-16-21-20-14-23(16)15-6-4-3-5-7-15/h3-7,14,24H,2,8-13H2,1H3,(H,19,25). The molecule has 2 aromatic rings. The topological polar surface area (TPSA) is 83.3 Å². The molecule has 25 heavy (non-hydrogen) atoms. The highest BCUT2D eigenvalue weighted by atomic mass is 16.3. The van der Waals surface area contributed by atoms with E-state index >= 15 is 0 Å². The molecule has 0 spiro atoms. The minimum Gasteiger partial charge on any atom is -0.396 e. The predicted octanol–water partition coefficient (Wildman–Crippen LogP) is 1.96. The molecule has 1 saturated heterocycles. The average Bonchev–Trinajstić information content (AvgIpc) is 3.15. The summed E-state index contributed by atoms with van der Waals surface area (Å²) in [5, 5.41) is 20.6. The Morgan fingerprint density at radius 1 is 1.28 bits per heavy atom. The van der Waals surface area contributed by atoms with Gasteiger partial charge in [0.25, 0.3) is 0 Å². The highest BCUT2D eigenvalue weighted by molar-refractivity contribution is 5.74. The Bertz CT molecular complexity index is 687. The number of rotatable bonds is 5. The summed E-state index contributed by atoms with van der Waals surface area (Å²) in [5.74, 6) is 0.690.